The second-order valence-corrected chi connectivity index (χ2v) is 4.83. The van der Waals surface area contributed by atoms with Gasteiger partial charge >= 0.3 is 0 Å². The first-order valence-electron chi connectivity index (χ1n) is 6.23. The molecule has 1 aromatic heterocycles. The highest BCUT2D eigenvalue weighted by Crippen LogP contribution is 2.22. The molecule has 0 radical (unpaired) electrons. The lowest BCUT2D eigenvalue weighted by atomic mass is 9.87. The Kier molecular flexibility index (Phi) is 3.72. The lowest BCUT2D eigenvalue weighted by molar-refractivity contribution is 0.0893. The number of hydrogen-bond acceptors (Lipinski definition) is 3. The molecule has 2 N–H and O–H groups in total. The van der Waals surface area contributed by atoms with Gasteiger partial charge in [0.15, 0.2) is 5.78 Å². The summed E-state index contributed by atoms with van der Waals surface area (Å²) in [6, 6.07) is 9.53. The molecule has 0 saturated carbocycles. The van der Waals surface area contributed by atoms with Crippen LogP contribution in [-0.4, -0.2) is 17.3 Å². The van der Waals surface area contributed by atoms with Crippen LogP contribution in [0.15, 0.2) is 36.5 Å². The Balaban J connectivity index is 2.51. The topological polar surface area (TPSA) is 56.0 Å². The fourth-order valence-electron chi connectivity index (χ4n) is 2.18. The number of carbonyl (C=O) groups is 1. The van der Waals surface area contributed by atoms with Gasteiger partial charge in [-0.3, -0.25) is 9.78 Å². The van der Waals surface area contributed by atoms with Crippen molar-refractivity contribution in [2.75, 3.05) is 6.54 Å². The maximum absolute atomic E-state index is 12.5. The number of rotatable bonds is 4. The molecule has 0 spiro atoms. The maximum atomic E-state index is 12.5. The lowest BCUT2D eigenvalue weighted by Gasteiger charge is -2.18. The molecule has 1 heterocycles. The summed E-state index contributed by atoms with van der Waals surface area (Å²) in [7, 11) is 0. The van der Waals surface area contributed by atoms with E-state index in [0.29, 0.717) is 12.1 Å². The van der Waals surface area contributed by atoms with Gasteiger partial charge in [-0.25, -0.2) is 0 Å². The molecule has 2 rings (SSSR count). The highest BCUT2D eigenvalue weighted by Gasteiger charge is 2.23. The number of nitrogens with zero attached hydrogens (tertiary/aromatic N) is 1. The van der Waals surface area contributed by atoms with E-state index in [-0.39, 0.29) is 17.6 Å². The molecule has 0 aliphatic heterocycles. The van der Waals surface area contributed by atoms with Crippen molar-refractivity contribution < 1.29 is 4.79 Å². The number of ketones is 1. The van der Waals surface area contributed by atoms with Crippen LogP contribution in [-0.2, 0) is 0 Å². The number of benzene rings is 1. The van der Waals surface area contributed by atoms with E-state index in [1.165, 1.54) is 0 Å². The fraction of sp³-hybridized carbons (Fsp3) is 0.333. The summed E-state index contributed by atoms with van der Waals surface area (Å²) >= 11 is 0. The van der Waals surface area contributed by atoms with Crippen molar-refractivity contribution in [1.29, 1.82) is 0 Å². The zero-order valence-corrected chi connectivity index (χ0v) is 10.8. The first-order valence-corrected chi connectivity index (χ1v) is 6.23. The average Bonchev–Trinajstić information content (AvgIpc) is 2.38. The third-order valence-electron chi connectivity index (χ3n) is 3.29. The molecule has 0 aliphatic carbocycles. The maximum Gasteiger partial charge on any atom is 0.169 e. The molecule has 0 amide bonds. The zero-order valence-electron chi connectivity index (χ0n) is 10.8. The first kappa shape index (κ1) is 12.7. The molecule has 1 aromatic carbocycles. The monoisotopic (exact) mass is 242 g/mol. The molecular weight excluding hydrogens is 224 g/mol. The van der Waals surface area contributed by atoms with Crippen LogP contribution in [0.1, 0.15) is 24.2 Å². The van der Waals surface area contributed by atoms with Crippen LogP contribution >= 0.6 is 0 Å². The van der Waals surface area contributed by atoms with Crippen molar-refractivity contribution in [2.24, 2.45) is 17.6 Å². The highest BCUT2D eigenvalue weighted by molar-refractivity contribution is 6.07. The fourth-order valence-corrected chi connectivity index (χ4v) is 2.18. The SMILES string of the molecule is CC(C)C(CN)C(=O)c1cccc2cccnc12. The average molecular weight is 242 g/mol. The quantitative estimate of drug-likeness (QED) is 0.838. The Bertz CT molecular complexity index is 558. The summed E-state index contributed by atoms with van der Waals surface area (Å²) in [5.74, 6) is 0.191. The van der Waals surface area contributed by atoms with Gasteiger partial charge in [0.2, 0.25) is 0 Å². The van der Waals surface area contributed by atoms with Crippen molar-refractivity contribution >= 4 is 16.7 Å². The number of para-hydroxylation sites is 1. The summed E-state index contributed by atoms with van der Waals surface area (Å²) in [4.78, 5) is 16.8. The van der Waals surface area contributed by atoms with Crippen LogP contribution < -0.4 is 5.73 Å². The van der Waals surface area contributed by atoms with E-state index in [9.17, 15) is 4.79 Å². The first-order chi connectivity index (χ1) is 8.65. The van der Waals surface area contributed by atoms with E-state index in [2.05, 4.69) is 4.98 Å². The zero-order chi connectivity index (χ0) is 13.1. The smallest absolute Gasteiger partial charge is 0.169 e. The van der Waals surface area contributed by atoms with E-state index < -0.39 is 0 Å². The summed E-state index contributed by atoms with van der Waals surface area (Å²) in [6.07, 6.45) is 1.71. The molecule has 94 valence electrons. The van der Waals surface area contributed by atoms with Crippen LogP contribution in [0.3, 0.4) is 0 Å². The van der Waals surface area contributed by atoms with Gasteiger partial charge in [-0.1, -0.05) is 32.0 Å². The highest BCUT2D eigenvalue weighted by atomic mass is 16.1. The minimum absolute atomic E-state index is 0.0943. The van der Waals surface area contributed by atoms with Crippen molar-refractivity contribution in [3.63, 3.8) is 0 Å². The Morgan fingerprint density at radius 3 is 2.67 bits per heavy atom. The Hall–Kier alpha value is -1.74. The van der Waals surface area contributed by atoms with Crippen LogP contribution in [0.4, 0.5) is 0 Å². The predicted octanol–water partition coefficient (Wildman–Crippen LogP) is 2.65. The molecule has 2 aromatic rings. The van der Waals surface area contributed by atoms with Gasteiger partial charge < -0.3 is 5.73 Å². The number of nitrogens with two attached hydrogens (primary N) is 1. The van der Waals surface area contributed by atoms with Gasteiger partial charge in [0.1, 0.15) is 0 Å². The molecule has 0 aliphatic rings. The molecule has 3 heteroatoms. The van der Waals surface area contributed by atoms with Gasteiger partial charge in [-0.05, 0) is 18.1 Å². The molecule has 1 unspecified atom stereocenters. The third-order valence-corrected chi connectivity index (χ3v) is 3.29. The summed E-state index contributed by atoms with van der Waals surface area (Å²) in [5.41, 5.74) is 7.16. The number of carbonyl (C=O) groups excluding carboxylic acids is 1. The second kappa shape index (κ2) is 5.27. The second-order valence-electron chi connectivity index (χ2n) is 4.83. The normalized spacial score (nSPS) is 12.9. The van der Waals surface area contributed by atoms with Gasteiger partial charge in [-0.15, -0.1) is 0 Å². The van der Waals surface area contributed by atoms with Gasteiger partial charge in [0.05, 0.1) is 5.52 Å². The van der Waals surface area contributed by atoms with Gasteiger partial charge in [0.25, 0.3) is 0 Å². The van der Waals surface area contributed by atoms with Crippen molar-refractivity contribution in [3.05, 3.63) is 42.1 Å². The molecule has 3 nitrogen and oxygen atoms in total. The van der Waals surface area contributed by atoms with Crippen LogP contribution in [0.2, 0.25) is 0 Å². The van der Waals surface area contributed by atoms with E-state index in [4.69, 9.17) is 5.73 Å². The number of fused-ring (bicyclic) bond motifs is 1. The largest absolute Gasteiger partial charge is 0.330 e. The number of Topliss-reactive ketones (excluding diaryl/α,β-unsaturated/α-hetero) is 1. The molecule has 18 heavy (non-hydrogen) atoms. The number of pyridine rings is 1. The van der Waals surface area contributed by atoms with Crippen LogP contribution in [0.5, 0.6) is 0 Å². The minimum atomic E-state index is -0.141. The number of hydrogen-bond donors (Lipinski definition) is 1. The molecule has 0 bridgehead atoms. The van der Waals surface area contributed by atoms with Crippen LogP contribution in [0, 0.1) is 11.8 Å². The van der Waals surface area contributed by atoms with Crippen molar-refractivity contribution in [3.8, 4) is 0 Å². The van der Waals surface area contributed by atoms with Crippen molar-refractivity contribution in [1.82, 2.24) is 4.98 Å². The summed E-state index contributed by atoms with van der Waals surface area (Å²) in [5, 5.41) is 0.989. The molecule has 1 atom stereocenters. The van der Waals surface area contributed by atoms with Gasteiger partial charge in [-0.2, -0.15) is 0 Å². The standard InChI is InChI=1S/C15H18N2O/c1-10(2)13(9-16)15(18)12-7-3-5-11-6-4-8-17-14(11)12/h3-8,10,13H,9,16H2,1-2H3. The Labute approximate surface area is 107 Å². The minimum Gasteiger partial charge on any atom is -0.330 e. The molecular formula is C15H18N2O. The van der Waals surface area contributed by atoms with E-state index in [0.717, 1.165) is 10.9 Å². The van der Waals surface area contributed by atoms with Crippen molar-refractivity contribution in [2.45, 2.75) is 13.8 Å². The Morgan fingerprint density at radius 1 is 1.28 bits per heavy atom. The van der Waals surface area contributed by atoms with Gasteiger partial charge in [0, 0.05) is 29.6 Å². The van der Waals surface area contributed by atoms with E-state index in [1.54, 1.807) is 6.20 Å². The third kappa shape index (κ3) is 2.27. The summed E-state index contributed by atoms with van der Waals surface area (Å²) in [6.45, 7) is 4.42. The van der Waals surface area contributed by atoms with E-state index >= 15 is 0 Å². The Morgan fingerprint density at radius 2 is 2.00 bits per heavy atom. The van der Waals surface area contributed by atoms with Crippen LogP contribution in [0.25, 0.3) is 10.9 Å². The number of aromatic nitrogens is 1. The molecule has 0 fully saturated rings. The predicted molar refractivity (Wildman–Crippen MR) is 73.5 cm³/mol. The lowest BCUT2D eigenvalue weighted by Crippen LogP contribution is -2.28. The molecule has 0 saturated heterocycles. The van der Waals surface area contributed by atoms with E-state index in [1.807, 2.05) is 44.2 Å². The summed E-state index contributed by atoms with van der Waals surface area (Å²) < 4.78 is 0.